The van der Waals surface area contributed by atoms with Crippen LogP contribution in [0.15, 0.2) is 60.8 Å². The van der Waals surface area contributed by atoms with E-state index in [0.717, 1.165) is 51.4 Å². The molecule has 0 spiro atoms. The first-order valence-corrected chi connectivity index (χ1v) is 23.1. The van der Waals surface area contributed by atoms with E-state index in [4.69, 9.17) is 19.3 Å². The molecule has 0 aromatic carbocycles. The van der Waals surface area contributed by atoms with E-state index < -0.39 is 32.5 Å². The third kappa shape index (κ3) is 42.5. The van der Waals surface area contributed by atoms with E-state index in [9.17, 15) is 14.2 Å². The molecule has 8 nitrogen and oxygen atoms in total. The molecular formula is C45H79O8P. The summed E-state index contributed by atoms with van der Waals surface area (Å²) < 4.78 is 26.3. The van der Waals surface area contributed by atoms with Crippen LogP contribution in [-0.2, 0) is 28.2 Å². The van der Waals surface area contributed by atoms with Crippen molar-refractivity contribution >= 4 is 19.8 Å². The van der Waals surface area contributed by atoms with Crippen molar-refractivity contribution in [1.82, 2.24) is 0 Å². The summed E-state index contributed by atoms with van der Waals surface area (Å²) in [7, 11) is -4.77. The van der Waals surface area contributed by atoms with Crippen LogP contribution >= 0.6 is 7.82 Å². The standard InChI is InChI=1S/C45H79O8P/c1-3-5-7-9-11-13-15-17-19-21-22-24-25-27-29-31-33-35-37-39-44(46)51-41-43(42-52-54(48,49)50)53-45(47)40-38-36-34-32-30-28-26-23-20-18-16-14-12-10-8-6-4-2/h11,13,17-20,26,28,32,34,43H,3-10,12,14-16,21-25,27,29-31,33,35-42H2,1-2H3,(H2,48,49,50)/b13-11+,19-17+,20-18+,28-26+,34-32+/t43-/m1/s1. The van der Waals surface area contributed by atoms with E-state index in [2.05, 4.69) is 73.1 Å². The van der Waals surface area contributed by atoms with Gasteiger partial charge in [0.25, 0.3) is 0 Å². The minimum atomic E-state index is -4.77. The summed E-state index contributed by atoms with van der Waals surface area (Å²) in [5, 5.41) is 0. The first kappa shape index (κ1) is 51.8. The molecule has 0 fully saturated rings. The molecule has 0 rings (SSSR count). The van der Waals surface area contributed by atoms with Gasteiger partial charge in [0.2, 0.25) is 0 Å². The maximum atomic E-state index is 12.4. The molecule has 312 valence electrons. The molecule has 2 N–H and O–H groups in total. The van der Waals surface area contributed by atoms with Gasteiger partial charge in [0, 0.05) is 12.8 Å². The normalized spacial score (nSPS) is 13.0. The Balaban J connectivity index is 3.99. The van der Waals surface area contributed by atoms with Crippen LogP contribution in [0.2, 0.25) is 0 Å². The largest absolute Gasteiger partial charge is 0.469 e. The fourth-order valence-corrected chi connectivity index (χ4v) is 6.13. The first-order chi connectivity index (χ1) is 26.3. The molecular weight excluding hydrogens is 699 g/mol. The smallest absolute Gasteiger partial charge is 0.462 e. The Morgan fingerprint density at radius 1 is 0.481 bits per heavy atom. The maximum absolute atomic E-state index is 12.4. The summed E-state index contributed by atoms with van der Waals surface area (Å²) in [6, 6.07) is 0. The molecule has 0 amide bonds. The molecule has 0 bridgehead atoms. The summed E-state index contributed by atoms with van der Waals surface area (Å²) in [5.74, 6) is -0.952. The fourth-order valence-electron chi connectivity index (χ4n) is 5.77. The van der Waals surface area contributed by atoms with Gasteiger partial charge in [-0.2, -0.15) is 0 Å². The lowest BCUT2D eigenvalue weighted by atomic mass is 10.1. The summed E-state index contributed by atoms with van der Waals surface area (Å²) in [4.78, 5) is 42.8. The lowest BCUT2D eigenvalue weighted by Crippen LogP contribution is -2.29. The monoisotopic (exact) mass is 779 g/mol. The third-order valence-electron chi connectivity index (χ3n) is 9.01. The number of esters is 2. The third-order valence-corrected chi connectivity index (χ3v) is 9.49. The highest BCUT2D eigenvalue weighted by Gasteiger charge is 2.22. The van der Waals surface area contributed by atoms with E-state index in [-0.39, 0.29) is 19.4 Å². The number of allylic oxidation sites excluding steroid dienone is 10. The zero-order valence-electron chi connectivity index (χ0n) is 34.4. The number of ether oxygens (including phenoxy) is 2. The number of unbranched alkanes of at least 4 members (excludes halogenated alkanes) is 19. The van der Waals surface area contributed by atoms with E-state index >= 15 is 0 Å². The quantitative estimate of drug-likeness (QED) is 0.0274. The van der Waals surface area contributed by atoms with Crippen LogP contribution in [0.3, 0.4) is 0 Å². The molecule has 0 saturated heterocycles. The van der Waals surface area contributed by atoms with Crippen LogP contribution < -0.4 is 0 Å². The van der Waals surface area contributed by atoms with Crippen molar-refractivity contribution in [3.05, 3.63) is 60.8 Å². The van der Waals surface area contributed by atoms with Crippen LogP contribution in [0, 0.1) is 0 Å². The van der Waals surface area contributed by atoms with Crippen molar-refractivity contribution in [3.63, 3.8) is 0 Å². The molecule has 0 aromatic rings. The number of phosphoric acid groups is 1. The molecule has 0 aromatic heterocycles. The van der Waals surface area contributed by atoms with E-state index in [1.807, 2.05) is 6.08 Å². The summed E-state index contributed by atoms with van der Waals surface area (Å²) in [6.45, 7) is 3.61. The summed E-state index contributed by atoms with van der Waals surface area (Å²) in [5.41, 5.74) is 0. The number of hydrogen-bond acceptors (Lipinski definition) is 6. The molecule has 9 heteroatoms. The predicted molar refractivity (Wildman–Crippen MR) is 225 cm³/mol. The Kier molecular flexibility index (Phi) is 38.7. The minimum Gasteiger partial charge on any atom is -0.462 e. The highest BCUT2D eigenvalue weighted by molar-refractivity contribution is 7.46. The zero-order valence-corrected chi connectivity index (χ0v) is 35.2. The highest BCUT2D eigenvalue weighted by atomic mass is 31.2. The Morgan fingerprint density at radius 3 is 1.33 bits per heavy atom. The van der Waals surface area contributed by atoms with E-state index in [1.165, 1.54) is 96.3 Å². The highest BCUT2D eigenvalue weighted by Crippen LogP contribution is 2.36. The van der Waals surface area contributed by atoms with Gasteiger partial charge in [-0.1, -0.05) is 164 Å². The van der Waals surface area contributed by atoms with Gasteiger partial charge in [-0.3, -0.25) is 14.1 Å². The lowest BCUT2D eigenvalue weighted by Gasteiger charge is -2.18. The lowest BCUT2D eigenvalue weighted by molar-refractivity contribution is -0.161. The van der Waals surface area contributed by atoms with Crippen LogP contribution in [0.1, 0.15) is 194 Å². The molecule has 54 heavy (non-hydrogen) atoms. The van der Waals surface area contributed by atoms with Gasteiger partial charge in [0.15, 0.2) is 6.10 Å². The van der Waals surface area contributed by atoms with Crippen molar-refractivity contribution in [3.8, 4) is 0 Å². The maximum Gasteiger partial charge on any atom is 0.469 e. The van der Waals surface area contributed by atoms with E-state index in [1.54, 1.807) is 0 Å². The predicted octanol–water partition coefficient (Wildman–Crippen LogP) is 13.3. The minimum absolute atomic E-state index is 0.138. The number of rotatable bonds is 39. The van der Waals surface area contributed by atoms with Crippen molar-refractivity contribution in [2.75, 3.05) is 13.2 Å². The molecule has 0 aliphatic rings. The van der Waals surface area contributed by atoms with Crippen molar-refractivity contribution in [2.24, 2.45) is 0 Å². The number of phosphoric ester groups is 1. The molecule has 1 atom stereocenters. The van der Waals surface area contributed by atoms with E-state index in [0.29, 0.717) is 19.3 Å². The molecule has 0 aliphatic heterocycles. The number of carbonyl (C=O) groups excluding carboxylic acids is 2. The molecule has 0 heterocycles. The Bertz CT molecular complexity index is 1060. The average Bonchev–Trinajstić information content (AvgIpc) is 3.14. The Labute approximate surface area is 330 Å². The second-order valence-corrected chi connectivity index (χ2v) is 15.5. The van der Waals surface area contributed by atoms with Crippen LogP contribution in [0.4, 0.5) is 0 Å². The summed E-state index contributed by atoms with van der Waals surface area (Å²) in [6.07, 6.45) is 50.9. The van der Waals surface area contributed by atoms with Gasteiger partial charge in [-0.05, 0) is 77.0 Å². The topological polar surface area (TPSA) is 119 Å². The zero-order chi connectivity index (χ0) is 39.6. The molecule has 0 unspecified atom stereocenters. The number of carbonyl (C=O) groups is 2. The SMILES string of the molecule is CCCCC/C=C/C/C=C/CCCCCCCCCCCC(=O)OC[C@H](COP(=O)(O)O)OC(=O)CCC/C=C/C/C=C/C/C=C/CCCCCCCC. The first-order valence-electron chi connectivity index (χ1n) is 21.6. The van der Waals surface area contributed by atoms with Crippen LogP contribution in [0.25, 0.3) is 0 Å². The van der Waals surface area contributed by atoms with Gasteiger partial charge in [0.1, 0.15) is 6.61 Å². The second-order valence-electron chi connectivity index (χ2n) is 14.3. The van der Waals surface area contributed by atoms with Gasteiger partial charge in [0.05, 0.1) is 6.61 Å². The summed E-state index contributed by atoms with van der Waals surface area (Å²) >= 11 is 0. The number of hydrogen-bond donors (Lipinski definition) is 2. The van der Waals surface area contributed by atoms with Crippen molar-refractivity contribution < 1.29 is 37.9 Å². The average molecular weight is 779 g/mol. The fraction of sp³-hybridized carbons (Fsp3) is 0.733. The van der Waals surface area contributed by atoms with Gasteiger partial charge in [-0.15, -0.1) is 0 Å². The Morgan fingerprint density at radius 2 is 0.852 bits per heavy atom. The van der Waals surface area contributed by atoms with Crippen LogP contribution in [-0.4, -0.2) is 41.0 Å². The van der Waals surface area contributed by atoms with Gasteiger partial charge in [-0.25, -0.2) is 4.57 Å². The van der Waals surface area contributed by atoms with Crippen LogP contribution in [0.5, 0.6) is 0 Å². The van der Waals surface area contributed by atoms with Gasteiger partial charge < -0.3 is 19.3 Å². The molecule has 0 aliphatic carbocycles. The van der Waals surface area contributed by atoms with Gasteiger partial charge >= 0.3 is 19.8 Å². The molecule has 0 radical (unpaired) electrons. The Hall–Kier alpha value is -2.25. The van der Waals surface area contributed by atoms with Crippen molar-refractivity contribution in [1.29, 1.82) is 0 Å². The van der Waals surface area contributed by atoms with Crippen molar-refractivity contribution in [2.45, 2.75) is 200 Å². The molecule has 0 saturated carbocycles. The second kappa shape index (κ2) is 40.4.